The first-order chi connectivity index (χ1) is 13.8. The second-order valence-electron chi connectivity index (χ2n) is 8.76. The standard InChI is InChI=1S/C23H25N5/c1-2-4-16(5-3-1)14-26-23-10-7-22(8-11-23,9-12-23)20-19-17-6-13-24-21(17)25-15-18(19)27-28-20/h1-6,13,15,26H,7-12,14H2,(H,24,25)(H,27,28). The molecule has 3 fully saturated rings. The second-order valence-corrected chi connectivity index (χ2v) is 8.76. The largest absolute Gasteiger partial charge is 0.346 e. The van der Waals surface area contributed by atoms with E-state index in [1.807, 2.05) is 12.4 Å². The van der Waals surface area contributed by atoms with Crippen LogP contribution in [0.5, 0.6) is 0 Å². The van der Waals surface area contributed by atoms with Gasteiger partial charge in [0, 0.05) is 34.5 Å². The van der Waals surface area contributed by atoms with Gasteiger partial charge in [-0.05, 0) is 50.2 Å². The van der Waals surface area contributed by atoms with Gasteiger partial charge in [0.15, 0.2) is 0 Å². The fourth-order valence-corrected chi connectivity index (χ4v) is 5.60. The zero-order valence-corrected chi connectivity index (χ0v) is 16.0. The molecule has 0 amide bonds. The number of rotatable bonds is 4. The number of nitrogens with one attached hydrogen (secondary N) is 3. The number of pyridine rings is 1. The molecule has 4 aromatic rings. The molecule has 142 valence electrons. The van der Waals surface area contributed by atoms with Gasteiger partial charge in [0.2, 0.25) is 0 Å². The zero-order valence-electron chi connectivity index (χ0n) is 16.0. The molecule has 28 heavy (non-hydrogen) atoms. The minimum absolute atomic E-state index is 0.208. The van der Waals surface area contributed by atoms with Gasteiger partial charge in [0.1, 0.15) is 5.65 Å². The molecule has 3 aliphatic rings. The van der Waals surface area contributed by atoms with E-state index in [0.717, 1.165) is 17.7 Å². The third-order valence-electron chi connectivity index (χ3n) is 7.37. The van der Waals surface area contributed by atoms with Gasteiger partial charge >= 0.3 is 0 Å². The van der Waals surface area contributed by atoms with Crippen molar-refractivity contribution in [2.24, 2.45) is 0 Å². The lowest BCUT2D eigenvalue weighted by atomic mass is 9.55. The van der Waals surface area contributed by atoms with E-state index in [9.17, 15) is 0 Å². The Morgan fingerprint density at radius 1 is 0.964 bits per heavy atom. The Morgan fingerprint density at radius 3 is 2.54 bits per heavy atom. The summed E-state index contributed by atoms with van der Waals surface area (Å²) in [6, 6.07) is 12.9. The topological polar surface area (TPSA) is 69.4 Å². The van der Waals surface area contributed by atoms with E-state index >= 15 is 0 Å². The lowest BCUT2D eigenvalue weighted by Crippen LogP contribution is -2.56. The molecular formula is C23H25N5. The maximum atomic E-state index is 4.83. The SMILES string of the molecule is c1ccc(CNC23CCC(c4n[nH]c5cnc6[nH]ccc6c45)(CC2)CC3)cc1. The molecular weight excluding hydrogens is 346 g/mol. The average molecular weight is 371 g/mol. The minimum Gasteiger partial charge on any atom is -0.346 e. The normalized spacial score (nSPS) is 27.0. The summed E-state index contributed by atoms with van der Waals surface area (Å²) in [5.41, 5.74) is 5.16. The van der Waals surface area contributed by atoms with Gasteiger partial charge in [-0.25, -0.2) is 4.98 Å². The van der Waals surface area contributed by atoms with Crippen molar-refractivity contribution in [3.8, 4) is 0 Å². The maximum Gasteiger partial charge on any atom is 0.138 e. The number of aromatic nitrogens is 4. The van der Waals surface area contributed by atoms with Crippen molar-refractivity contribution >= 4 is 21.9 Å². The molecule has 3 aliphatic carbocycles. The van der Waals surface area contributed by atoms with E-state index in [2.05, 4.69) is 56.8 Å². The first-order valence-electron chi connectivity index (χ1n) is 10.4. The predicted molar refractivity (Wildman–Crippen MR) is 111 cm³/mol. The first kappa shape index (κ1) is 16.3. The van der Waals surface area contributed by atoms with Crippen LogP contribution in [0.1, 0.15) is 49.8 Å². The van der Waals surface area contributed by atoms with Crippen LogP contribution >= 0.6 is 0 Å². The molecule has 0 unspecified atom stereocenters. The zero-order chi connectivity index (χ0) is 18.6. The van der Waals surface area contributed by atoms with E-state index in [1.54, 1.807) is 0 Å². The summed E-state index contributed by atoms with van der Waals surface area (Å²) in [5.74, 6) is 0. The van der Waals surface area contributed by atoms with Crippen LogP contribution in [0.3, 0.4) is 0 Å². The summed E-state index contributed by atoms with van der Waals surface area (Å²) in [7, 11) is 0. The Morgan fingerprint density at radius 2 is 1.75 bits per heavy atom. The van der Waals surface area contributed by atoms with Crippen molar-refractivity contribution in [2.45, 2.75) is 56.0 Å². The molecule has 0 atom stereocenters. The Kier molecular flexibility index (Phi) is 3.45. The summed E-state index contributed by atoms with van der Waals surface area (Å²) < 4.78 is 0. The summed E-state index contributed by atoms with van der Waals surface area (Å²) in [4.78, 5) is 7.76. The molecule has 7 rings (SSSR count). The monoisotopic (exact) mass is 371 g/mol. The summed E-state index contributed by atoms with van der Waals surface area (Å²) in [5, 5.41) is 14.5. The molecule has 0 aliphatic heterocycles. The third-order valence-corrected chi connectivity index (χ3v) is 7.37. The number of hydrogen-bond donors (Lipinski definition) is 3. The fourth-order valence-electron chi connectivity index (χ4n) is 5.60. The third kappa shape index (κ3) is 2.35. The van der Waals surface area contributed by atoms with Crippen molar-refractivity contribution in [2.75, 3.05) is 0 Å². The number of hydrogen-bond acceptors (Lipinski definition) is 3. The van der Waals surface area contributed by atoms with Crippen molar-refractivity contribution in [1.82, 2.24) is 25.5 Å². The van der Waals surface area contributed by atoms with Crippen molar-refractivity contribution in [3.05, 3.63) is 60.0 Å². The number of benzene rings is 1. The van der Waals surface area contributed by atoms with Crippen molar-refractivity contribution < 1.29 is 0 Å². The predicted octanol–water partition coefficient (Wildman–Crippen LogP) is 4.57. The van der Waals surface area contributed by atoms with Crippen LogP contribution in [0.4, 0.5) is 0 Å². The van der Waals surface area contributed by atoms with Crippen LogP contribution in [0.15, 0.2) is 48.8 Å². The van der Waals surface area contributed by atoms with Crippen LogP contribution in [0.25, 0.3) is 21.9 Å². The van der Waals surface area contributed by atoms with E-state index in [1.165, 1.54) is 60.6 Å². The Balaban J connectivity index is 1.29. The van der Waals surface area contributed by atoms with Crippen LogP contribution in [0.2, 0.25) is 0 Å². The van der Waals surface area contributed by atoms with Gasteiger partial charge in [0.05, 0.1) is 17.4 Å². The Bertz CT molecular complexity index is 1120. The molecule has 3 N–H and O–H groups in total. The van der Waals surface area contributed by atoms with Gasteiger partial charge < -0.3 is 10.3 Å². The van der Waals surface area contributed by atoms with Gasteiger partial charge in [-0.3, -0.25) is 5.10 Å². The highest BCUT2D eigenvalue weighted by Gasteiger charge is 2.50. The highest BCUT2D eigenvalue weighted by Crippen LogP contribution is 2.54. The number of nitrogens with zero attached hydrogens (tertiary/aromatic N) is 2. The van der Waals surface area contributed by atoms with E-state index < -0.39 is 0 Å². The molecule has 1 aromatic carbocycles. The summed E-state index contributed by atoms with van der Waals surface area (Å²) in [6.45, 7) is 0.967. The van der Waals surface area contributed by atoms with E-state index in [4.69, 9.17) is 5.10 Å². The molecule has 2 bridgehead atoms. The van der Waals surface area contributed by atoms with E-state index in [0.29, 0.717) is 5.54 Å². The molecule has 5 nitrogen and oxygen atoms in total. The Hall–Kier alpha value is -2.66. The van der Waals surface area contributed by atoms with E-state index in [-0.39, 0.29) is 5.41 Å². The van der Waals surface area contributed by atoms with Gasteiger partial charge in [0.25, 0.3) is 0 Å². The molecule has 0 radical (unpaired) electrons. The van der Waals surface area contributed by atoms with Gasteiger partial charge in [-0.15, -0.1) is 0 Å². The minimum atomic E-state index is 0.208. The van der Waals surface area contributed by atoms with Crippen molar-refractivity contribution in [3.63, 3.8) is 0 Å². The molecule has 5 heteroatoms. The molecule has 0 spiro atoms. The number of H-pyrrole nitrogens is 2. The average Bonchev–Trinajstić information content (AvgIpc) is 3.41. The van der Waals surface area contributed by atoms with Gasteiger partial charge in [-0.2, -0.15) is 5.10 Å². The highest BCUT2D eigenvalue weighted by molar-refractivity contribution is 6.05. The number of fused-ring (bicyclic) bond motifs is 6. The van der Waals surface area contributed by atoms with Gasteiger partial charge in [-0.1, -0.05) is 30.3 Å². The smallest absolute Gasteiger partial charge is 0.138 e. The lowest BCUT2D eigenvalue weighted by Gasteiger charge is -2.53. The Labute approximate surface area is 164 Å². The summed E-state index contributed by atoms with van der Waals surface area (Å²) >= 11 is 0. The molecule has 3 saturated carbocycles. The fraction of sp³-hybridized carbons (Fsp3) is 0.391. The maximum absolute atomic E-state index is 4.83. The molecule has 3 heterocycles. The van der Waals surface area contributed by atoms with Crippen LogP contribution < -0.4 is 5.32 Å². The summed E-state index contributed by atoms with van der Waals surface area (Å²) in [6.07, 6.45) is 11.2. The van der Waals surface area contributed by atoms with Crippen LogP contribution in [0, 0.1) is 0 Å². The van der Waals surface area contributed by atoms with Crippen LogP contribution in [-0.2, 0) is 12.0 Å². The molecule has 0 saturated heterocycles. The quantitative estimate of drug-likeness (QED) is 0.492. The highest BCUT2D eigenvalue weighted by atomic mass is 15.1. The second kappa shape index (κ2) is 5.92. The number of aromatic amines is 2. The first-order valence-corrected chi connectivity index (χ1v) is 10.4. The van der Waals surface area contributed by atoms with Crippen LogP contribution in [-0.4, -0.2) is 25.7 Å². The molecule has 3 aromatic heterocycles. The lowest BCUT2D eigenvalue weighted by molar-refractivity contribution is 0.0741. The van der Waals surface area contributed by atoms with Crippen molar-refractivity contribution in [1.29, 1.82) is 0 Å².